The van der Waals surface area contributed by atoms with Gasteiger partial charge in [-0.25, -0.2) is 4.79 Å². The van der Waals surface area contributed by atoms with Crippen LogP contribution < -0.4 is 16.4 Å². The molecule has 0 aromatic rings. The van der Waals surface area contributed by atoms with Gasteiger partial charge in [0.1, 0.15) is 0 Å². The lowest BCUT2D eigenvalue weighted by atomic mass is 9.95. The van der Waals surface area contributed by atoms with E-state index in [-0.39, 0.29) is 17.9 Å². The van der Waals surface area contributed by atoms with Gasteiger partial charge < -0.3 is 26.2 Å². The molecule has 2 amide bonds. The average Bonchev–Trinajstić information content (AvgIpc) is 2.84. The maximum atomic E-state index is 12.7. The van der Waals surface area contributed by atoms with E-state index < -0.39 is 41.8 Å². The number of amides is 2. The Hall–Kier alpha value is -2.16. The molecular formula is C16H27N3O6. The summed E-state index contributed by atoms with van der Waals surface area (Å²) in [7, 11) is 1.10. The summed E-state index contributed by atoms with van der Waals surface area (Å²) in [5.74, 6) is -3.37. The molecule has 4 atom stereocenters. The highest BCUT2D eigenvalue weighted by atomic mass is 16.5. The van der Waals surface area contributed by atoms with Crippen molar-refractivity contribution in [3.05, 3.63) is 0 Å². The highest BCUT2D eigenvalue weighted by molar-refractivity contribution is 6.10. The third kappa shape index (κ3) is 4.91. The molecule has 5 N–H and O–H groups in total. The molecule has 0 saturated heterocycles. The Balaban J connectivity index is 2.94. The van der Waals surface area contributed by atoms with Gasteiger partial charge in [-0.2, -0.15) is 0 Å². The quantitative estimate of drug-likeness (QED) is 0.351. The third-order valence-corrected chi connectivity index (χ3v) is 4.75. The number of hydrogen-bond donors (Lipinski definition) is 4. The number of methoxy groups -OCH3 is 1. The molecular weight excluding hydrogens is 330 g/mol. The molecule has 25 heavy (non-hydrogen) atoms. The van der Waals surface area contributed by atoms with E-state index in [0.29, 0.717) is 0 Å². The zero-order valence-electron chi connectivity index (χ0n) is 15.0. The van der Waals surface area contributed by atoms with Gasteiger partial charge in [-0.1, -0.05) is 13.8 Å². The van der Waals surface area contributed by atoms with E-state index in [0.717, 1.165) is 20.0 Å². The van der Waals surface area contributed by atoms with Crippen LogP contribution in [-0.2, 0) is 23.9 Å². The minimum atomic E-state index is -2.00. The fourth-order valence-electron chi connectivity index (χ4n) is 3.05. The minimum Gasteiger partial charge on any atom is -0.481 e. The SMILES string of the molecule is COC(=O)[C@@](C)(NC(=O)[C@@H](N)CC(=O)O)C(=O)NC1C(C)CCC1C. The van der Waals surface area contributed by atoms with Crippen molar-refractivity contribution < 1.29 is 29.0 Å². The van der Waals surface area contributed by atoms with Gasteiger partial charge in [0.15, 0.2) is 0 Å². The topological polar surface area (TPSA) is 148 Å². The van der Waals surface area contributed by atoms with Crippen LogP contribution in [-0.4, -0.2) is 53.6 Å². The first-order valence-electron chi connectivity index (χ1n) is 8.21. The number of esters is 1. The number of hydrogen-bond acceptors (Lipinski definition) is 6. The summed E-state index contributed by atoms with van der Waals surface area (Å²) >= 11 is 0. The molecule has 1 aliphatic rings. The molecule has 2 unspecified atom stereocenters. The molecule has 9 heteroatoms. The molecule has 0 bridgehead atoms. The van der Waals surface area contributed by atoms with Gasteiger partial charge in [0, 0.05) is 6.04 Å². The summed E-state index contributed by atoms with van der Waals surface area (Å²) in [6.07, 6.45) is 1.29. The van der Waals surface area contributed by atoms with Crippen LogP contribution in [0.2, 0.25) is 0 Å². The second-order valence-corrected chi connectivity index (χ2v) is 6.84. The van der Waals surface area contributed by atoms with Crippen LogP contribution in [0.25, 0.3) is 0 Å². The summed E-state index contributed by atoms with van der Waals surface area (Å²) in [5.41, 5.74) is 3.50. The number of carboxylic acids is 1. The lowest BCUT2D eigenvalue weighted by molar-refractivity contribution is -0.156. The molecule has 0 aromatic heterocycles. The van der Waals surface area contributed by atoms with E-state index in [1.165, 1.54) is 6.92 Å². The first-order valence-corrected chi connectivity index (χ1v) is 8.21. The number of carbonyl (C=O) groups excluding carboxylic acids is 3. The van der Waals surface area contributed by atoms with Crippen LogP contribution in [0.5, 0.6) is 0 Å². The maximum absolute atomic E-state index is 12.7. The van der Waals surface area contributed by atoms with E-state index in [1.54, 1.807) is 0 Å². The number of nitrogens with two attached hydrogens (primary N) is 1. The highest BCUT2D eigenvalue weighted by Gasteiger charge is 2.46. The van der Waals surface area contributed by atoms with Gasteiger partial charge in [-0.3, -0.25) is 14.4 Å². The molecule has 142 valence electrons. The molecule has 0 aliphatic heterocycles. The first kappa shape index (κ1) is 20.9. The zero-order chi connectivity index (χ0) is 19.4. The Labute approximate surface area is 146 Å². The Kier molecular flexibility index (Phi) is 6.92. The third-order valence-electron chi connectivity index (χ3n) is 4.75. The summed E-state index contributed by atoms with van der Waals surface area (Å²) in [4.78, 5) is 47.6. The standard InChI is InChI=1S/C16H27N3O6/c1-8-5-6-9(2)12(8)18-14(23)16(3,15(24)25-4)19-13(22)10(17)7-11(20)21/h8-10,12H,5-7,17H2,1-4H3,(H,18,23)(H,19,22)(H,20,21)/t8?,9?,10-,12?,16-/m0/s1. The Bertz CT molecular complexity index is 542. The number of carbonyl (C=O) groups is 4. The zero-order valence-corrected chi connectivity index (χ0v) is 15.0. The number of ether oxygens (including phenoxy) is 1. The van der Waals surface area contributed by atoms with Gasteiger partial charge in [-0.05, 0) is 31.6 Å². The van der Waals surface area contributed by atoms with Gasteiger partial charge in [0.2, 0.25) is 11.4 Å². The Morgan fingerprint density at radius 2 is 1.76 bits per heavy atom. The number of aliphatic carboxylic acids is 1. The van der Waals surface area contributed by atoms with Crippen LogP contribution in [0.1, 0.15) is 40.0 Å². The maximum Gasteiger partial charge on any atom is 0.341 e. The van der Waals surface area contributed by atoms with Crippen molar-refractivity contribution in [1.29, 1.82) is 0 Å². The number of carboxylic acid groups (broad SMARTS) is 1. The number of rotatable bonds is 7. The molecule has 9 nitrogen and oxygen atoms in total. The van der Waals surface area contributed by atoms with Crippen molar-refractivity contribution in [2.75, 3.05) is 7.11 Å². The summed E-state index contributed by atoms with van der Waals surface area (Å²) < 4.78 is 4.64. The summed E-state index contributed by atoms with van der Waals surface area (Å²) in [5, 5.41) is 13.8. The molecule has 1 rings (SSSR count). The van der Waals surface area contributed by atoms with Crippen molar-refractivity contribution in [3.8, 4) is 0 Å². The predicted octanol–water partition coefficient (Wildman–Crippen LogP) is -0.613. The molecule has 0 spiro atoms. The summed E-state index contributed by atoms with van der Waals surface area (Å²) in [6.45, 7) is 5.22. The van der Waals surface area contributed by atoms with Crippen molar-refractivity contribution in [2.45, 2.75) is 57.7 Å². The molecule has 1 fully saturated rings. The van der Waals surface area contributed by atoms with Gasteiger partial charge >= 0.3 is 11.9 Å². The first-order chi connectivity index (χ1) is 11.5. The fourth-order valence-corrected chi connectivity index (χ4v) is 3.05. The lowest BCUT2D eigenvalue weighted by Crippen LogP contribution is -2.65. The van der Waals surface area contributed by atoms with E-state index in [1.807, 2.05) is 13.8 Å². The van der Waals surface area contributed by atoms with Crippen LogP contribution in [0.4, 0.5) is 0 Å². The van der Waals surface area contributed by atoms with Gasteiger partial charge in [-0.15, -0.1) is 0 Å². The second kappa shape index (κ2) is 8.28. The van der Waals surface area contributed by atoms with E-state index in [2.05, 4.69) is 15.4 Å². The predicted molar refractivity (Wildman–Crippen MR) is 88.3 cm³/mol. The monoisotopic (exact) mass is 357 g/mol. The fraction of sp³-hybridized carbons (Fsp3) is 0.750. The van der Waals surface area contributed by atoms with Gasteiger partial charge in [0.25, 0.3) is 5.91 Å². The van der Waals surface area contributed by atoms with Crippen molar-refractivity contribution >= 4 is 23.8 Å². The largest absolute Gasteiger partial charge is 0.481 e. The second-order valence-electron chi connectivity index (χ2n) is 6.84. The lowest BCUT2D eigenvalue weighted by Gasteiger charge is -2.31. The smallest absolute Gasteiger partial charge is 0.341 e. The molecule has 0 radical (unpaired) electrons. The number of nitrogens with one attached hydrogen (secondary N) is 2. The van der Waals surface area contributed by atoms with E-state index in [9.17, 15) is 19.2 Å². The normalized spacial score (nSPS) is 26.2. The van der Waals surface area contributed by atoms with Crippen molar-refractivity contribution in [1.82, 2.24) is 10.6 Å². The van der Waals surface area contributed by atoms with Crippen LogP contribution in [0.3, 0.4) is 0 Å². The summed E-state index contributed by atoms with van der Waals surface area (Å²) in [6, 6.07) is -1.51. The Morgan fingerprint density at radius 1 is 1.24 bits per heavy atom. The van der Waals surface area contributed by atoms with Crippen LogP contribution >= 0.6 is 0 Å². The molecule has 1 aliphatic carbocycles. The van der Waals surface area contributed by atoms with Crippen LogP contribution in [0, 0.1) is 11.8 Å². The van der Waals surface area contributed by atoms with Gasteiger partial charge in [0.05, 0.1) is 19.6 Å². The molecule has 0 heterocycles. The van der Waals surface area contributed by atoms with E-state index >= 15 is 0 Å². The van der Waals surface area contributed by atoms with Crippen LogP contribution in [0.15, 0.2) is 0 Å². The van der Waals surface area contributed by atoms with Crippen molar-refractivity contribution in [3.63, 3.8) is 0 Å². The highest BCUT2D eigenvalue weighted by Crippen LogP contribution is 2.30. The van der Waals surface area contributed by atoms with Crippen molar-refractivity contribution in [2.24, 2.45) is 17.6 Å². The minimum absolute atomic E-state index is 0.124. The Morgan fingerprint density at radius 3 is 2.20 bits per heavy atom. The molecule has 0 aromatic carbocycles. The molecule has 1 saturated carbocycles. The van der Waals surface area contributed by atoms with E-state index in [4.69, 9.17) is 10.8 Å². The average molecular weight is 357 g/mol.